The molecule has 11 nitrogen and oxygen atoms in total. The summed E-state index contributed by atoms with van der Waals surface area (Å²) in [6.07, 6.45) is 7.34. The number of likely N-dealkylation sites (N-methyl/N-ethyl adjacent to an activating group) is 1. The molecule has 4 saturated heterocycles. The predicted molar refractivity (Wildman–Crippen MR) is 189 cm³/mol. The lowest BCUT2D eigenvalue weighted by atomic mass is 9.93. The first-order valence-electron chi connectivity index (χ1n) is 18.3. The van der Waals surface area contributed by atoms with E-state index in [2.05, 4.69) is 37.3 Å². The van der Waals surface area contributed by atoms with Crippen LogP contribution in [0.25, 0.3) is 16.9 Å². The molecule has 0 aliphatic carbocycles. The van der Waals surface area contributed by atoms with Crippen LogP contribution in [0.2, 0.25) is 0 Å². The molecule has 280 valence electrons. The van der Waals surface area contributed by atoms with E-state index in [9.17, 15) is 27.2 Å². The van der Waals surface area contributed by atoms with E-state index < -0.39 is 24.0 Å². The Morgan fingerprint density at radius 2 is 1.89 bits per heavy atom. The van der Waals surface area contributed by atoms with E-state index in [1.807, 2.05) is 17.9 Å². The number of piperazine rings is 1. The average molecular weight is 736 g/mol. The van der Waals surface area contributed by atoms with Crippen LogP contribution in [0.4, 0.5) is 29.1 Å². The van der Waals surface area contributed by atoms with Crippen LogP contribution in [0, 0.1) is 23.5 Å². The summed E-state index contributed by atoms with van der Waals surface area (Å²) in [5.41, 5.74) is 2.39. The number of ether oxygens (including phenoxy) is 1. The Morgan fingerprint density at radius 3 is 2.57 bits per heavy atom. The number of hydrogen-bond donors (Lipinski definition) is 2. The summed E-state index contributed by atoms with van der Waals surface area (Å²) in [6.45, 7) is 5.03. The SMILES string of the molecule is CCc1cc(Nc2nccn3c(-c4ccc(OC(F)F)c(F)c4F)cnc23)ccc1C(=O)N1CCC(C(=O)N2CC3CC2C[N+]3(C)CC2CNC2)CC1. The number of likely N-dealkylation sites (tertiary alicyclic amines) is 3. The van der Waals surface area contributed by atoms with Crippen LogP contribution < -0.4 is 15.4 Å². The standard InChI is InChI=1S/C38H42F4N8O3/c1-3-23-14-25(46-34-35-45-18-30(48(35)13-10-44-34)29-6-7-31(53-38(41)42)33(40)32(29)39)4-5-28(23)37(52)47-11-8-24(9-12-47)36(51)49-19-27-15-26(49)21-50(27,2)20-22-16-43-17-22/h4-7,10,13-14,18,22,24,26-27,38,43H,3,8-9,11-12,15-17,19-21H2,1-2H3/p+1. The van der Waals surface area contributed by atoms with E-state index in [1.54, 1.807) is 12.1 Å². The highest BCUT2D eigenvalue weighted by atomic mass is 19.3. The number of imidazole rings is 1. The number of aromatic nitrogens is 3. The summed E-state index contributed by atoms with van der Waals surface area (Å²) >= 11 is 0. The van der Waals surface area contributed by atoms with Gasteiger partial charge in [0.25, 0.3) is 5.91 Å². The number of piperidine rings is 1. The van der Waals surface area contributed by atoms with Crippen molar-refractivity contribution in [2.24, 2.45) is 11.8 Å². The number of fused-ring (bicyclic) bond motifs is 3. The molecule has 4 aliphatic heterocycles. The van der Waals surface area contributed by atoms with E-state index >= 15 is 0 Å². The van der Waals surface area contributed by atoms with Gasteiger partial charge in [-0.25, -0.2) is 14.4 Å². The fourth-order valence-electron chi connectivity index (χ4n) is 8.88. The Balaban J connectivity index is 0.912. The Morgan fingerprint density at radius 1 is 1.09 bits per heavy atom. The number of hydrogen-bond acceptors (Lipinski definition) is 7. The van der Waals surface area contributed by atoms with Crippen LogP contribution >= 0.6 is 0 Å². The zero-order chi connectivity index (χ0) is 37.0. The molecule has 6 heterocycles. The van der Waals surface area contributed by atoms with E-state index in [0.29, 0.717) is 67.2 Å². The maximum Gasteiger partial charge on any atom is 0.387 e. The normalized spacial score (nSPS) is 23.2. The van der Waals surface area contributed by atoms with Crippen molar-refractivity contribution in [2.75, 3.05) is 58.2 Å². The summed E-state index contributed by atoms with van der Waals surface area (Å²) in [7, 11) is 2.37. The minimum atomic E-state index is -3.30. The molecule has 0 spiro atoms. The molecule has 2 bridgehead atoms. The average Bonchev–Trinajstić information content (AvgIpc) is 3.85. The van der Waals surface area contributed by atoms with Gasteiger partial charge in [0.15, 0.2) is 23.0 Å². The van der Waals surface area contributed by atoms with Crippen LogP contribution in [0.5, 0.6) is 5.75 Å². The number of halogens is 4. The third-order valence-electron chi connectivity index (χ3n) is 11.8. The number of carbonyl (C=O) groups is 2. The molecule has 4 fully saturated rings. The Labute approximate surface area is 304 Å². The van der Waals surface area contributed by atoms with Crippen molar-refractivity contribution in [1.29, 1.82) is 0 Å². The number of nitrogens with one attached hydrogen (secondary N) is 2. The summed E-state index contributed by atoms with van der Waals surface area (Å²) in [6, 6.07) is 8.39. The molecule has 2 N–H and O–H groups in total. The fourth-order valence-corrected chi connectivity index (χ4v) is 8.88. The summed E-state index contributed by atoms with van der Waals surface area (Å²) in [5, 5.41) is 6.61. The highest BCUT2D eigenvalue weighted by Crippen LogP contribution is 2.39. The Kier molecular flexibility index (Phi) is 9.25. The van der Waals surface area contributed by atoms with Crippen molar-refractivity contribution in [2.45, 2.75) is 51.3 Å². The van der Waals surface area contributed by atoms with Gasteiger partial charge in [-0.05, 0) is 55.2 Å². The van der Waals surface area contributed by atoms with Crippen LogP contribution in [0.15, 0.2) is 48.9 Å². The molecule has 0 saturated carbocycles. The lowest BCUT2D eigenvalue weighted by Crippen LogP contribution is -2.63. The van der Waals surface area contributed by atoms with Crippen molar-refractivity contribution in [3.63, 3.8) is 0 Å². The number of alkyl halides is 2. The first-order chi connectivity index (χ1) is 25.5. The molecule has 2 aromatic carbocycles. The third-order valence-corrected chi connectivity index (χ3v) is 11.8. The maximum atomic E-state index is 15.0. The van der Waals surface area contributed by atoms with Crippen molar-refractivity contribution >= 4 is 29.0 Å². The molecule has 0 radical (unpaired) electrons. The third kappa shape index (κ3) is 6.47. The van der Waals surface area contributed by atoms with Gasteiger partial charge in [-0.1, -0.05) is 6.92 Å². The second-order valence-corrected chi connectivity index (χ2v) is 15.1. The van der Waals surface area contributed by atoms with Crippen molar-refractivity contribution in [1.82, 2.24) is 29.5 Å². The molecule has 53 heavy (non-hydrogen) atoms. The zero-order valence-corrected chi connectivity index (χ0v) is 29.7. The van der Waals surface area contributed by atoms with Gasteiger partial charge in [0, 0.05) is 73.6 Å². The molecule has 2 amide bonds. The highest BCUT2D eigenvalue weighted by molar-refractivity contribution is 5.96. The highest BCUT2D eigenvalue weighted by Gasteiger charge is 2.55. The number of quaternary nitrogens is 1. The van der Waals surface area contributed by atoms with Gasteiger partial charge in [0.05, 0.1) is 44.6 Å². The largest absolute Gasteiger partial charge is 0.432 e. The minimum absolute atomic E-state index is 0.0574. The van der Waals surface area contributed by atoms with Crippen molar-refractivity contribution < 1.29 is 36.4 Å². The van der Waals surface area contributed by atoms with E-state index in [4.69, 9.17) is 0 Å². The Bertz CT molecular complexity index is 2050. The summed E-state index contributed by atoms with van der Waals surface area (Å²) in [4.78, 5) is 40.2. The van der Waals surface area contributed by atoms with Gasteiger partial charge < -0.3 is 29.7 Å². The molecular weight excluding hydrogens is 692 g/mol. The molecule has 4 aliphatic rings. The molecule has 2 aromatic heterocycles. The quantitative estimate of drug-likeness (QED) is 0.173. The summed E-state index contributed by atoms with van der Waals surface area (Å²) < 4.78 is 61.4. The van der Waals surface area contributed by atoms with Gasteiger partial charge >= 0.3 is 6.61 Å². The number of amides is 2. The van der Waals surface area contributed by atoms with E-state index in [0.717, 1.165) is 60.7 Å². The van der Waals surface area contributed by atoms with Crippen LogP contribution in [-0.4, -0.2) is 112 Å². The minimum Gasteiger partial charge on any atom is -0.432 e. The second-order valence-electron chi connectivity index (χ2n) is 15.1. The van der Waals surface area contributed by atoms with Crippen LogP contribution in [0.1, 0.15) is 42.1 Å². The Hall–Kier alpha value is -4.76. The monoisotopic (exact) mass is 735 g/mol. The number of nitrogens with zero attached hydrogens (tertiary/aromatic N) is 6. The summed E-state index contributed by atoms with van der Waals surface area (Å²) in [5.74, 6) is -2.56. The molecule has 3 unspecified atom stereocenters. The van der Waals surface area contributed by atoms with Gasteiger partial charge in [-0.15, -0.1) is 0 Å². The molecular formula is C38H43F4N8O3+. The maximum absolute atomic E-state index is 15.0. The predicted octanol–water partition coefficient (Wildman–Crippen LogP) is 5.08. The van der Waals surface area contributed by atoms with Gasteiger partial charge in [0.1, 0.15) is 6.04 Å². The van der Waals surface area contributed by atoms with Gasteiger partial charge in [-0.2, -0.15) is 13.2 Å². The fraction of sp³-hybridized carbons (Fsp3) is 0.474. The lowest BCUT2D eigenvalue weighted by Gasteiger charge is -2.46. The van der Waals surface area contributed by atoms with Gasteiger partial charge in [0.2, 0.25) is 11.7 Å². The molecule has 15 heteroatoms. The van der Waals surface area contributed by atoms with Crippen LogP contribution in [-0.2, 0) is 11.2 Å². The first kappa shape index (κ1) is 35.3. The number of anilines is 2. The van der Waals surface area contributed by atoms with Crippen molar-refractivity contribution in [3.05, 3.63) is 71.7 Å². The topological polar surface area (TPSA) is 104 Å². The van der Waals surface area contributed by atoms with Crippen molar-refractivity contribution in [3.8, 4) is 17.0 Å². The van der Waals surface area contributed by atoms with Gasteiger partial charge in [-0.3, -0.25) is 14.0 Å². The zero-order valence-electron chi connectivity index (χ0n) is 29.7. The number of carbonyl (C=O) groups excluding carboxylic acids is 2. The number of aryl methyl sites for hydroxylation is 1. The van der Waals surface area contributed by atoms with E-state index in [1.165, 1.54) is 29.5 Å². The van der Waals surface area contributed by atoms with Crippen LogP contribution in [0.3, 0.4) is 0 Å². The first-order valence-corrected chi connectivity index (χ1v) is 18.3. The number of benzene rings is 2. The molecule has 8 rings (SSSR count). The van der Waals surface area contributed by atoms with E-state index in [-0.39, 0.29) is 29.0 Å². The lowest BCUT2D eigenvalue weighted by molar-refractivity contribution is -0.928. The number of rotatable bonds is 10. The molecule has 4 aromatic rings. The second kappa shape index (κ2) is 13.9. The smallest absolute Gasteiger partial charge is 0.387 e. The molecule has 3 atom stereocenters.